The van der Waals surface area contributed by atoms with Crippen molar-refractivity contribution in [2.45, 2.75) is 92.3 Å². The smallest absolute Gasteiger partial charge is 0.102 e. The standard InChI is InChI=1S/C26H48NO2/c1-23(2)19-9-11-25(23,5)21(17-19)28-15-13-27(7,8)14-16-29-22-18-20-10-12-26(22,6)24(20,3)4/h19-22H,9-18H2,1-8H3/q+1/t19-,20-,21-,22+,25+,26+/m1/s1. The van der Waals surface area contributed by atoms with Crippen LogP contribution in [0.4, 0.5) is 0 Å². The molecule has 4 aliphatic rings. The van der Waals surface area contributed by atoms with Crippen LogP contribution in [0.5, 0.6) is 0 Å². The van der Waals surface area contributed by atoms with Gasteiger partial charge in [-0.2, -0.15) is 0 Å². The Morgan fingerprint density at radius 2 is 1.07 bits per heavy atom. The van der Waals surface area contributed by atoms with Crippen molar-refractivity contribution in [2.24, 2.45) is 33.5 Å². The summed E-state index contributed by atoms with van der Waals surface area (Å²) in [5.74, 6) is 1.72. The summed E-state index contributed by atoms with van der Waals surface area (Å²) in [7, 11) is 4.68. The minimum Gasteiger partial charge on any atom is -0.372 e. The Kier molecular flexibility index (Phi) is 5.28. The van der Waals surface area contributed by atoms with E-state index in [9.17, 15) is 0 Å². The fraction of sp³-hybridized carbons (Fsp3) is 1.00. The van der Waals surface area contributed by atoms with Crippen molar-refractivity contribution in [3.05, 3.63) is 0 Å². The molecule has 0 heterocycles. The van der Waals surface area contributed by atoms with Gasteiger partial charge in [-0.25, -0.2) is 0 Å². The molecular weight excluding hydrogens is 358 g/mol. The number of fused-ring (bicyclic) bond motifs is 4. The molecule has 168 valence electrons. The molecule has 0 aliphatic heterocycles. The number of likely N-dealkylation sites (N-methyl/N-ethyl adjacent to an activating group) is 1. The van der Waals surface area contributed by atoms with E-state index in [0.717, 1.165) is 42.6 Å². The third-order valence-electron chi connectivity index (χ3n) is 11.5. The largest absolute Gasteiger partial charge is 0.372 e. The van der Waals surface area contributed by atoms with Crippen LogP contribution in [0.15, 0.2) is 0 Å². The minimum absolute atomic E-state index is 0.377. The van der Waals surface area contributed by atoms with Gasteiger partial charge >= 0.3 is 0 Å². The van der Waals surface area contributed by atoms with Gasteiger partial charge in [0.25, 0.3) is 0 Å². The number of hydrogen-bond donors (Lipinski definition) is 0. The molecule has 0 aromatic heterocycles. The summed E-state index contributed by atoms with van der Waals surface area (Å²) in [5.41, 5.74) is 1.64. The minimum atomic E-state index is 0.377. The first-order valence-corrected chi connectivity index (χ1v) is 12.4. The Morgan fingerprint density at radius 1 is 0.690 bits per heavy atom. The molecule has 4 fully saturated rings. The Hall–Kier alpha value is -0.120. The van der Waals surface area contributed by atoms with Gasteiger partial charge < -0.3 is 14.0 Å². The zero-order valence-corrected chi connectivity index (χ0v) is 20.6. The molecule has 4 rings (SSSR count). The second-order valence-electron chi connectivity index (χ2n) is 13.3. The van der Waals surface area contributed by atoms with Crippen LogP contribution >= 0.6 is 0 Å². The molecule has 6 atom stereocenters. The average molecular weight is 407 g/mol. The quantitative estimate of drug-likeness (QED) is 0.494. The first-order chi connectivity index (χ1) is 13.3. The van der Waals surface area contributed by atoms with Crippen LogP contribution in [-0.4, -0.2) is 57.1 Å². The molecule has 4 aliphatic carbocycles. The van der Waals surface area contributed by atoms with Gasteiger partial charge in [0.1, 0.15) is 13.1 Å². The van der Waals surface area contributed by atoms with Crippen molar-refractivity contribution in [1.29, 1.82) is 0 Å². The van der Waals surface area contributed by atoms with E-state index < -0.39 is 0 Å². The average Bonchev–Trinajstić information content (AvgIpc) is 3.13. The lowest BCUT2D eigenvalue weighted by Crippen LogP contribution is -2.47. The lowest BCUT2D eigenvalue weighted by atomic mass is 9.70. The fourth-order valence-corrected chi connectivity index (χ4v) is 7.76. The van der Waals surface area contributed by atoms with Gasteiger partial charge in [-0.1, -0.05) is 41.5 Å². The van der Waals surface area contributed by atoms with E-state index in [-0.39, 0.29) is 0 Å². The van der Waals surface area contributed by atoms with E-state index in [1.807, 2.05) is 0 Å². The van der Waals surface area contributed by atoms with E-state index in [1.165, 1.54) is 38.5 Å². The molecule has 0 unspecified atom stereocenters. The van der Waals surface area contributed by atoms with Gasteiger partial charge in [-0.3, -0.25) is 0 Å². The molecule has 0 spiro atoms. The van der Waals surface area contributed by atoms with Crippen molar-refractivity contribution >= 4 is 0 Å². The number of nitrogens with zero attached hydrogens (tertiary/aromatic N) is 1. The highest BCUT2D eigenvalue weighted by Gasteiger charge is 2.62. The van der Waals surface area contributed by atoms with E-state index >= 15 is 0 Å². The normalized spacial score (nSPS) is 44.7. The summed E-state index contributed by atoms with van der Waals surface area (Å²) in [4.78, 5) is 0. The number of rotatable bonds is 8. The van der Waals surface area contributed by atoms with Gasteiger partial charge in [-0.15, -0.1) is 0 Å². The summed E-state index contributed by atoms with van der Waals surface area (Å²) < 4.78 is 14.0. The van der Waals surface area contributed by atoms with E-state index in [2.05, 4.69) is 55.6 Å². The Bertz CT molecular complexity index is 574. The maximum atomic E-state index is 6.52. The van der Waals surface area contributed by atoms with Crippen LogP contribution in [-0.2, 0) is 9.47 Å². The van der Waals surface area contributed by atoms with Crippen LogP contribution < -0.4 is 0 Å². The van der Waals surface area contributed by atoms with Gasteiger partial charge in [0.2, 0.25) is 0 Å². The molecule has 0 amide bonds. The molecule has 3 heteroatoms. The van der Waals surface area contributed by atoms with Crippen molar-refractivity contribution in [3.8, 4) is 0 Å². The maximum absolute atomic E-state index is 6.52. The molecule has 0 saturated heterocycles. The molecule has 0 aromatic rings. The molecule has 4 bridgehead atoms. The van der Waals surface area contributed by atoms with Crippen molar-refractivity contribution in [3.63, 3.8) is 0 Å². The van der Waals surface area contributed by atoms with E-state index in [4.69, 9.17) is 9.47 Å². The van der Waals surface area contributed by atoms with Crippen LogP contribution in [0.3, 0.4) is 0 Å². The topological polar surface area (TPSA) is 18.5 Å². The summed E-state index contributed by atoms with van der Waals surface area (Å²) in [5, 5.41) is 0. The van der Waals surface area contributed by atoms with Gasteiger partial charge in [0.05, 0.1) is 39.5 Å². The first kappa shape index (κ1) is 22.1. The lowest BCUT2D eigenvalue weighted by molar-refractivity contribution is -0.891. The Morgan fingerprint density at radius 3 is 1.34 bits per heavy atom. The maximum Gasteiger partial charge on any atom is 0.102 e. The van der Waals surface area contributed by atoms with Gasteiger partial charge in [-0.05, 0) is 72.0 Å². The van der Waals surface area contributed by atoms with Gasteiger partial charge in [0.15, 0.2) is 0 Å². The predicted molar refractivity (Wildman–Crippen MR) is 120 cm³/mol. The summed E-state index contributed by atoms with van der Waals surface area (Å²) in [6.07, 6.45) is 8.97. The molecule has 29 heavy (non-hydrogen) atoms. The fourth-order valence-electron chi connectivity index (χ4n) is 7.76. The molecule has 0 N–H and O–H groups in total. The van der Waals surface area contributed by atoms with Crippen LogP contribution in [0, 0.1) is 33.5 Å². The summed E-state index contributed by atoms with van der Waals surface area (Å²) in [6.45, 7) is 18.8. The first-order valence-electron chi connectivity index (χ1n) is 12.4. The second-order valence-corrected chi connectivity index (χ2v) is 13.3. The Labute approximate surface area is 180 Å². The zero-order valence-electron chi connectivity index (χ0n) is 20.6. The summed E-state index contributed by atoms with van der Waals surface area (Å²) in [6, 6.07) is 0. The van der Waals surface area contributed by atoms with Crippen molar-refractivity contribution < 1.29 is 14.0 Å². The van der Waals surface area contributed by atoms with Crippen LogP contribution in [0.25, 0.3) is 0 Å². The molecule has 4 saturated carbocycles. The number of ether oxygens (including phenoxy) is 2. The van der Waals surface area contributed by atoms with Crippen LogP contribution in [0.2, 0.25) is 0 Å². The second kappa shape index (κ2) is 6.94. The van der Waals surface area contributed by atoms with Crippen LogP contribution in [0.1, 0.15) is 80.1 Å². The molecular formula is C26H48NO2+. The van der Waals surface area contributed by atoms with Gasteiger partial charge in [0, 0.05) is 0 Å². The SMILES string of the molecule is CC1(C)[C@@H]2CC[C@@]1(C)[C@@H](OCC[N+](C)(C)CCO[C@@H]1C[C@H]3CC[C@]1(C)C3(C)C)C2. The monoisotopic (exact) mass is 406 g/mol. The number of hydrogen-bond acceptors (Lipinski definition) is 2. The highest BCUT2D eigenvalue weighted by atomic mass is 16.5. The highest BCUT2D eigenvalue weighted by molar-refractivity contribution is 5.12. The van der Waals surface area contributed by atoms with E-state index in [0.29, 0.717) is 33.9 Å². The predicted octanol–water partition coefficient (Wildman–Crippen LogP) is 5.53. The third kappa shape index (κ3) is 3.24. The third-order valence-corrected chi connectivity index (χ3v) is 11.5. The van der Waals surface area contributed by atoms with Crippen molar-refractivity contribution in [1.82, 2.24) is 0 Å². The molecule has 3 nitrogen and oxygen atoms in total. The Balaban J connectivity index is 1.21. The van der Waals surface area contributed by atoms with Crippen molar-refractivity contribution in [2.75, 3.05) is 40.4 Å². The molecule has 0 radical (unpaired) electrons. The summed E-state index contributed by atoms with van der Waals surface area (Å²) >= 11 is 0. The lowest BCUT2D eigenvalue weighted by Gasteiger charge is -2.40. The highest BCUT2D eigenvalue weighted by Crippen LogP contribution is 2.67. The van der Waals surface area contributed by atoms with E-state index in [1.54, 1.807) is 0 Å². The number of quaternary nitrogens is 1. The zero-order chi connectivity index (χ0) is 21.3. The molecule has 0 aromatic carbocycles.